The Hall–Kier alpha value is -2.22. The summed E-state index contributed by atoms with van der Waals surface area (Å²) in [5.41, 5.74) is 3.57. The second kappa shape index (κ2) is 4.96. The number of phenolic OH excluding ortho intramolecular Hbond substituents is 1. The van der Waals surface area contributed by atoms with Crippen LogP contribution in [0.3, 0.4) is 0 Å². The summed E-state index contributed by atoms with van der Waals surface area (Å²) in [5, 5.41) is 9.89. The molecule has 108 valence electrons. The molecule has 1 aliphatic heterocycles. The third-order valence-electron chi connectivity index (χ3n) is 4.53. The molecule has 3 rings (SSSR count). The summed E-state index contributed by atoms with van der Waals surface area (Å²) in [7, 11) is 2.13. The number of likely N-dealkylation sites (N-methyl/N-ethyl adjacent to an activating group) is 1. The third kappa shape index (κ3) is 2.21. The molecule has 1 aliphatic rings. The zero-order valence-corrected chi connectivity index (χ0v) is 12.7. The molecule has 1 atom stereocenters. The summed E-state index contributed by atoms with van der Waals surface area (Å²) in [6.07, 6.45) is 4.21. The van der Waals surface area contributed by atoms with Gasteiger partial charge in [-0.1, -0.05) is 62.4 Å². The van der Waals surface area contributed by atoms with E-state index < -0.39 is 0 Å². The van der Waals surface area contributed by atoms with Crippen LogP contribution >= 0.6 is 0 Å². The van der Waals surface area contributed by atoms with Crippen LogP contribution in [0, 0.1) is 0 Å². The minimum atomic E-state index is 0.0479. The van der Waals surface area contributed by atoms with Gasteiger partial charge in [0.2, 0.25) is 0 Å². The van der Waals surface area contributed by atoms with Crippen molar-refractivity contribution in [2.24, 2.45) is 0 Å². The lowest BCUT2D eigenvalue weighted by Gasteiger charge is -2.29. The van der Waals surface area contributed by atoms with Crippen LogP contribution < -0.4 is 4.90 Å². The minimum Gasteiger partial charge on any atom is -0.507 e. The molecule has 0 saturated carbocycles. The van der Waals surface area contributed by atoms with E-state index in [-0.39, 0.29) is 11.5 Å². The molecular weight excluding hydrogens is 258 g/mol. The molecule has 0 aromatic heterocycles. The van der Waals surface area contributed by atoms with Gasteiger partial charge in [-0.15, -0.1) is 0 Å². The van der Waals surface area contributed by atoms with Crippen molar-refractivity contribution < 1.29 is 5.11 Å². The van der Waals surface area contributed by atoms with Crippen molar-refractivity contribution in [3.05, 3.63) is 65.7 Å². The normalized spacial score (nSPS) is 20.0. The summed E-state index contributed by atoms with van der Waals surface area (Å²) in [6.45, 7) is 4.55. The van der Waals surface area contributed by atoms with Crippen molar-refractivity contribution in [2.45, 2.75) is 25.3 Å². The van der Waals surface area contributed by atoms with Gasteiger partial charge in [0.1, 0.15) is 5.75 Å². The molecule has 1 N–H and O–H groups in total. The van der Waals surface area contributed by atoms with Crippen molar-refractivity contribution >= 4 is 11.8 Å². The third-order valence-corrected chi connectivity index (χ3v) is 4.53. The highest BCUT2D eigenvalue weighted by Gasteiger charge is 2.41. The number of hydrogen-bond acceptors (Lipinski definition) is 2. The zero-order chi connectivity index (χ0) is 15.0. The summed E-state index contributed by atoms with van der Waals surface area (Å²) < 4.78 is 0. The maximum absolute atomic E-state index is 9.89. The predicted octanol–water partition coefficient (Wildman–Crippen LogP) is 4.20. The molecule has 2 nitrogen and oxygen atoms in total. The summed E-state index contributed by atoms with van der Waals surface area (Å²) in [6, 6.07) is 16.3. The Kier molecular flexibility index (Phi) is 3.25. The Morgan fingerprint density at radius 3 is 2.43 bits per heavy atom. The Bertz CT molecular complexity index is 687. The molecule has 2 aromatic carbocycles. The number of para-hydroxylation sites is 2. The Morgan fingerprint density at radius 2 is 1.71 bits per heavy atom. The van der Waals surface area contributed by atoms with Crippen LogP contribution in [0.1, 0.15) is 25.0 Å². The van der Waals surface area contributed by atoms with Gasteiger partial charge in [-0.25, -0.2) is 0 Å². The van der Waals surface area contributed by atoms with E-state index in [1.807, 2.05) is 24.3 Å². The SMILES string of the molecule is CN1c2ccccc2C(C)(C)C1/C=C/c1ccccc1O. The van der Waals surface area contributed by atoms with Gasteiger partial charge in [0.05, 0.1) is 6.04 Å². The van der Waals surface area contributed by atoms with Gasteiger partial charge in [-0.3, -0.25) is 0 Å². The quantitative estimate of drug-likeness (QED) is 0.890. The van der Waals surface area contributed by atoms with E-state index in [9.17, 15) is 5.11 Å². The van der Waals surface area contributed by atoms with E-state index in [1.54, 1.807) is 6.07 Å². The molecule has 0 fully saturated rings. The summed E-state index contributed by atoms with van der Waals surface area (Å²) >= 11 is 0. The highest BCUT2D eigenvalue weighted by atomic mass is 16.3. The molecule has 2 aromatic rings. The van der Waals surface area contributed by atoms with Gasteiger partial charge in [-0.2, -0.15) is 0 Å². The van der Waals surface area contributed by atoms with Crippen LogP contribution in [0.25, 0.3) is 6.08 Å². The first-order valence-corrected chi connectivity index (χ1v) is 7.30. The van der Waals surface area contributed by atoms with Crippen molar-refractivity contribution in [1.29, 1.82) is 0 Å². The maximum atomic E-state index is 9.89. The van der Waals surface area contributed by atoms with E-state index in [4.69, 9.17) is 0 Å². The second-order valence-corrected chi connectivity index (χ2v) is 6.21. The van der Waals surface area contributed by atoms with Crippen LogP contribution in [0.4, 0.5) is 5.69 Å². The number of rotatable bonds is 2. The van der Waals surface area contributed by atoms with Crippen molar-refractivity contribution in [1.82, 2.24) is 0 Å². The fourth-order valence-electron chi connectivity index (χ4n) is 3.31. The van der Waals surface area contributed by atoms with Crippen molar-refractivity contribution in [3.8, 4) is 5.75 Å². The van der Waals surface area contributed by atoms with Crippen LogP contribution in [0.5, 0.6) is 5.75 Å². The molecule has 1 unspecified atom stereocenters. The van der Waals surface area contributed by atoms with Crippen molar-refractivity contribution in [2.75, 3.05) is 11.9 Å². The second-order valence-electron chi connectivity index (χ2n) is 6.21. The molecule has 1 heterocycles. The number of benzene rings is 2. The van der Waals surface area contributed by atoms with Gasteiger partial charge in [0.15, 0.2) is 0 Å². The largest absolute Gasteiger partial charge is 0.507 e. The van der Waals surface area contributed by atoms with E-state index in [1.165, 1.54) is 11.3 Å². The Morgan fingerprint density at radius 1 is 1.05 bits per heavy atom. The molecule has 0 spiro atoms. The fraction of sp³-hybridized carbons (Fsp3) is 0.263. The summed E-state index contributed by atoms with van der Waals surface area (Å²) in [5.74, 6) is 0.324. The average Bonchev–Trinajstić information content (AvgIpc) is 2.67. The molecule has 0 aliphatic carbocycles. The lowest BCUT2D eigenvalue weighted by Crippen LogP contribution is -2.37. The molecule has 21 heavy (non-hydrogen) atoms. The van der Waals surface area contributed by atoms with E-state index in [2.05, 4.69) is 56.1 Å². The number of hydrogen-bond donors (Lipinski definition) is 1. The standard InChI is InChI=1S/C19H21NO/c1-19(2)15-9-5-6-10-16(15)20(3)18(19)13-12-14-8-4-7-11-17(14)21/h4-13,18,21H,1-3H3/b13-12+. The van der Waals surface area contributed by atoms with Gasteiger partial charge in [0, 0.05) is 23.7 Å². The number of anilines is 1. The molecule has 0 radical (unpaired) electrons. The lowest BCUT2D eigenvalue weighted by molar-refractivity contribution is 0.473. The lowest BCUT2D eigenvalue weighted by atomic mass is 9.80. The maximum Gasteiger partial charge on any atom is 0.122 e. The first-order valence-electron chi connectivity index (χ1n) is 7.30. The van der Waals surface area contributed by atoms with Crippen LogP contribution in [0.15, 0.2) is 54.6 Å². The van der Waals surface area contributed by atoms with Crippen LogP contribution in [0.2, 0.25) is 0 Å². The number of phenols is 1. The van der Waals surface area contributed by atoms with E-state index >= 15 is 0 Å². The Labute approximate surface area is 126 Å². The fourth-order valence-corrected chi connectivity index (χ4v) is 3.31. The first-order chi connectivity index (χ1) is 10.0. The van der Waals surface area contributed by atoms with Gasteiger partial charge in [0.25, 0.3) is 0 Å². The molecular formula is C19H21NO. The zero-order valence-electron chi connectivity index (χ0n) is 12.7. The van der Waals surface area contributed by atoms with E-state index in [0.29, 0.717) is 5.75 Å². The number of nitrogens with zero attached hydrogens (tertiary/aromatic N) is 1. The van der Waals surface area contributed by atoms with Crippen LogP contribution in [-0.2, 0) is 5.41 Å². The van der Waals surface area contributed by atoms with Crippen LogP contribution in [-0.4, -0.2) is 18.2 Å². The highest BCUT2D eigenvalue weighted by Crippen LogP contribution is 2.44. The molecule has 0 saturated heterocycles. The first kappa shape index (κ1) is 13.7. The monoisotopic (exact) mass is 279 g/mol. The van der Waals surface area contributed by atoms with Crippen molar-refractivity contribution in [3.63, 3.8) is 0 Å². The smallest absolute Gasteiger partial charge is 0.122 e. The predicted molar refractivity (Wildman–Crippen MR) is 88.8 cm³/mol. The van der Waals surface area contributed by atoms with Gasteiger partial charge >= 0.3 is 0 Å². The highest BCUT2D eigenvalue weighted by molar-refractivity contribution is 5.67. The number of aromatic hydroxyl groups is 1. The molecule has 0 amide bonds. The minimum absolute atomic E-state index is 0.0479. The Balaban J connectivity index is 1.96. The summed E-state index contributed by atoms with van der Waals surface area (Å²) in [4.78, 5) is 2.31. The molecule has 0 bridgehead atoms. The van der Waals surface area contributed by atoms with E-state index in [0.717, 1.165) is 5.56 Å². The van der Waals surface area contributed by atoms with Gasteiger partial charge < -0.3 is 10.0 Å². The van der Waals surface area contributed by atoms with Gasteiger partial charge in [-0.05, 0) is 17.7 Å². The number of fused-ring (bicyclic) bond motifs is 1. The topological polar surface area (TPSA) is 23.5 Å². The molecule has 2 heteroatoms. The average molecular weight is 279 g/mol.